The molecule has 17 heteroatoms. The summed E-state index contributed by atoms with van der Waals surface area (Å²) in [6.45, 7) is 4.84. The van der Waals surface area contributed by atoms with E-state index in [0.29, 0.717) is 47.8 Å². The number of hydrogen-bond acceptors (Lipinski definition) is 8. The van der Waals surface area contributed by atoms with Gasteiger partial charge < -0.3 is 19.1 Å². The fourth-order valence-corrected chi connectivity index (χ4v) is 6.26. The van der Waals surface area contributed by atoms with Crippen molar-refractivity contribution in [2.75, 3.05) is 32.2 Å². The normalized spacial score (nSPS) is 21.3. The number of amides is 1. The summed E-state index contributed by atoms with van der Waals surface area (Å²) in [5, 5.41) is 0. The lowest BCUT2D eigenvalue weighted by molar-refractivity contribution is -0.135. The van der Waals surface area contributed by atoms with E-state index in [4.69, 9.17) is 14.2 Å². The molecular formula is C38H42F8N4O5. The molecule has 1 aliphatic carbocycles. The fourth-order valence-electron chi connectivity index (χ4n) is 6.26. The van der Waals surface area contributed by atoms with Gasteiger partial charge in [-0.1, -0.05) is 30.7 Å². The molecule has 1 aromatic heterocycles. The van der Waals surface area contributed by atoms with Crippen LogP contribution in [-0.4, -0.2) is 84.7 Å². The van der Waals surface area contributed by atoms with E-state index in [1.54, 1.807) is 18.2 Å². The molecule has 2 aliphatic heterocycles. The van der Waals surface area contributed by atoms with Crippen molar-refractivity contribution in [3.05, 3.63) is 93.6 Å². The number of rotatable bonds is 13. The van der Waals surface area contributed by atoms with Crippen LogP contribution in [-0.2, 0) is 25.5 Å². The van der Waals surface area contributed by atoms with Crippen molar-refractivity contribution >= 4 is 23.6 Å². The Labute approximate surface area is 313 Å². The molecule has 2 atom stereocenters. The molecule has 1 amide bonds. The number of cyclic esters (lactones) is 1. The zero-order valence-corrected chi connectivity index (χ0v) is 31.1. The average Bonchev–Trinajstić information content (AvgIpc) is 3.22. The van der Waals surface area contributed by atoms with Crippen LogP contribution in [0.2, 0.25) is 0 Å². The van der Waals surface area contributed by atoms with Crippen LogP contribution < -0.4 is 4.90 Å². The first-order valence-electron chi connectivity index (χ1n) is 17.3. The van der Waals surface area contributed by atoms with Gasteiger partial charge in [-0.15, -0.1) is 0 Å². The Morgan fingerprint density at radius 1 is 1.07 bits per heavy atom. The number of alkyl halides is 8. The number of carbonyl (C=O) groups excluding carboxylic acids is 2. The molecule has 2 fully saturated rings. The molecule has 0 unspecified atom stereocenters. The van der Waals surface area contributed by atoms with Gasteiger partial charge in [-0.05, 0) is 75.5 Å². The van der Waals surface area contributed by atoms with Gasteiger partial charge in [0.2, 0.25) is 5.95 Å². The Hall–Kier alpha value is -4.96. The van der Waals surface area contributed by atoms with E-state index in [1.807, 2.05) is 26.0 Å². The summed E-state index contributed by atoms with van der Waals surface area (Å²) < 4.78 is 123. The fraction of sp³-hybridized carbons (Fsp3) is 0.474. The Kier molecular flexibility index (Phi) is 13.4. The number of aromatic nitrogens is 2. The molecule has 0 radical (unpaired) electrons. The van der Waals surface area contributed by atoms with Crippen LogP contribution in [0, 0.1) is 0 Å². The van der Waals surface area contributed by atoms with Crippen LogP contribution in [0.15, 0.2) is 82.4 Å². The second-order valence-corrected chi connectivity index (χ2v) is 13.4. The Balaban J connectivity index is 1.74. The summed E-state index contributed by atoms with van der Waals surface area (Å²) in [7, 11) is 2.74. The average molecular weight is 787 g/mol. The number of anilines is 1. The molecule has 4 rings (SSSR count). The zero-order chi connectivity index (χ0) is 40.9. The lowest BCUT2D eigenvalue weighted by Gasteiger charge is -2.38. The highest BCUT2D eigenvalue weighted by molar-refractivity contribution is 5.91. The molecule has 0 bridgehead atoms. The van der Waals surface area contributed by atoms with Crippen LogP contribution >= 0.6 is 0 Å². The number of halogens is 8. The first-order chi connectivity index (χ1) is 25.7. The van der Waals surface area contributed by atoms with Crippen molar-refractivity contribution in [3.63, 3.8) is 0 Å². The quantitative estimate of drug-likeness (QED) is 0.0847. The van der Waals surface area contributed by atoms with Crippen LogP contribution in [0.3, 0.4) is 0 Å². The first kappa shape index (κ1) is 42.8. The van der Waals surface area contributed by atoms with Crippen molar-refractivity contribution in [2.45, 2.75) is 90.3 Å². The minimum absolute atomic E-state index is 0.0258. The summed E-state index contributed by atoms with van der Waals surface area (Å²) in [4.78, 5) is 37.0. The predicted molar refractivity (Wildman–Crippen MR) is 188 cm³/mol. The summed E-state index contributed by atoms with van der Waals surface area (Å²) in [6.07, 6.45) is -1.62. The number of esters is 1. The topological polar surface area (TPSA) is 94.1 Å². The van der Waals surface area contributed by atoms with E-state index in [-0.39, 0.29) is 29.8 Å². The van der Waals surface area contributed by atoms with Gasteiger partial charge in [-0.2, -0.15) is 26.3 Å². The standard InChI is InChI=1S/C38H42F8N4O5/c1-7-9-26(33(51)54-6)15-22(2)14-25-10-8-11-31(53-5)28(17-25)29-18-47-34(49-20-36(39,40)21-49)48-30(29)19-50-24(4)32(55-35(50)52)23(3)16-27(38(44,45)46)12-13-37(41,42)43/h9-12,15-18,24,32H,7-8,13-14,19-21H2,1-6H3/b22-15-,23-16+,26-9+,27-12+/t24-,32+/m0/s1. The lowest BCUT2D eigenvalue weighted by Crippen LogP contribution is -2.57. The molecule has 3 heterocycles. The highest BCUT2D eigenvalue weighted by Gasteiger charge is 2.46. The maximum atomic E-state index is 13.9. The monoisotopic (exact) mass is 786 g/mol. The van der Waals surface area contributed by atoms with E-state index < -0.39 is 67.6 Å². The zero-order valence-electron chi connectivity index (χ0n) is 31.1. The predicted octanol–water partition coefficient (Wildman–Crippen LogP) is 9.12. The Bertz CT molecular complexity index is 1850. The van der Waals surface area contributed by atoms with E-state index in [9.17, 15) is 44.7 Å². The minimum atomic E-state index is -5.12. The number of carbonyl (C=O) groups is 2. The lowest BCUT2D eigenvalue weighted by atomic mass is 9.97. The Morgan fingerprint density at radius 3 is 2.35 bits per heavy atom. The number of hydrogen-bond donors (Lipinski definition) is 0. The third kappa shape index (κ3) is 11.1. The first-order valence-corrected chi connectivity index (χ1v) is 17.3. The SMILES string of the molecule is CC/C=C(\C=C(\C)CC1=CCC=C(OC)C(c2cnc(N3CC(F)(F)C3)nc2CN2C(=O)O[C@H](/C(C)=C/C(=C\CC(F)(F)F)C(F)(F)F)[C@@H]2C)=C1)C(=O)OC. The van der Waals surface area contributed by atoms with Crippen LogP contribution in [0.5, 0.6) is 0 Å². The number of nitrogens with zero attached hydrogens (tertiary/aromatic N) is 4. The van der Waals surface area contributed by atoms with Gasteiger partial charge in [0.15, 0.2) is 0 Å². The van der Waals surface area contributed by atoms with E-state index >= 15 is 0 Å². The molecule has 3 aliphatic rings. The molecule has 0 spiro atoms. The molecule has 300 valence electrons. The molecular weight excluding hydrogens is 744 g/mol. The van der Waals surface area contributed by atoms with Gasteiger partial charge in [0.05, 0.1) is 63.2 Å². The molecule has 1 aromatic rings. The molecule has 0 N–H and O–H groups in total. The minimum Gasteiger partial charge on any atom is -0.496 e. The van der Waals surface area contributed by atoms with Gasteiger partial charge in [-0.25, -0.2) is 28.3 Å². The molecule has 55 heavy (non-hydrogen) atoms. The third-order valence-corrected chi connectivity index (χ3v) is 8.93. The van der Waals surface area contributed by atoms with Crippen LogP contribution in [0.1, 0.15) is 64.6 Å². The largest absolute Gasteiger partial charge is 0.496 e. The highest BCUT2D eigenvalue weighted by atomic mass is 19.4. The highest BCUT2D eigenvalue weighted by Crippen LogP contribution is 2.37. The molecule has 2 saturated heterocycles. The van der Waals surface area contributed by atoms with Gasteiger partial charge in [0.1, 0.15) is 11.9 Å². The molecule has 9 nitrogen and oxygen atoms in total. The number of ether oxygens (including phenoxy) is 3. The summed E-state index contributed by atoms with van der Waals surface area (Å²) in [5.74, 6) is -3.09. The maximum absolute atomic E-state index is 13.9. The van der Waals surface area contributed by atoms with Gasteiger partial charge >= 0.3 is 24.4 Å². The van der Waals surface area contributed by atoms with Crippen LogP contribution in [0.25, 0.3) is 5.57 Å². The van der Waals surface area contributed by atoms with E-state index in [0.717, 1.165) is 11.1 Å². The van der Waals surface area contributed by atoms with Crippen molar-refractivity contribution in [1.82, 2.24) is 14.9 Å². The van der Waals surface area contributed by atoms with Gasteiger partial charge in [-0.3, -0.25) is 4.90 Å². The van der Waals surface area contributed by atoms with Crippen molar-refractivity contribution < 1.29 is 58.9 Å². The second kappa shape index (κ2) is 17.2. The Morgan fingerprint density at radius 2 is 1.76 bits per heavy atom. The maximum Gasteiger partial charge on any atom is 0.416 e. The molecule has 0 saturated carbocycles. The van der Waals surface area contributed by atoms with Gasteiger partial charge in [0.25, 0.3) is 5.92 Å². The van der Waals surface area contributed by atoms with Crippen molar-refractivity contribution in [3.8, 4) is 0 Å². The van der Waals surface area contributed by atoms with Crippen LogP contribution in [0.4, 0.5) is 45.9 Å². The third-order valence-electron chi connectivity index (χ3n) is 8.93. The van der Waals surface area contributed by atoms with E-state index in [1.165, 1.54) is 44.1 Å². The number of methoxy groups -OCH3 is 2. The molecule has 0 aromatic carbocycles. The smallest absolute Gasteiger partial charge is 0.416 e. The number of allylic oxidation sites excluding steroid dienone is 10. The summed E-state index contributed by atoms with van der Waals surface area (Å²) >= 11 is 0. The summed E-state index contributed by atoms with van der Waals surface area (Å²) in [5.41, 5.74) is 1.32. The van der Waals surface area contributed by atoms with Gasteiger partial charge in [0, 0.05) is 17.3 Å². The van der Waals surface area contributed by atoms with Crippen molar-refractivity contribution in [1.29, 1.82) is 0 Å². The summed E-state index contributed by atoms with van der Waals surface area (Å²) in [6, 6.07) is -0.940. The van der Waals surface area contributed by atoms with Crippen molar-refractivity contribution in [2.24, 2.45) is 0 Å². The van der Waals surface area contributed by atoms with E-state index in [2.05, 4.69) is 9.97 Å². The second-order valence-electron chi connectivity index (χ2n) is 13.4.